The number of benzene rings is 1. The molecule has 1 saturated heterocycles. The molecule has 1 fully saturated rings. The van der Waals surface area contributed by atoms with Crippen LogP contribution in [-0.4, -0.2) is 19.1 Å². The first kappa shape index (κ1) is 10.0. The second-order valence-corrected chi connectivity index (χ2v) is 5.27. The van der Waals surface area contributed by atoms with Crippen LogP contribution >= 0.6 is 0 Å². The summed E-state index contributed by atoms with van der Waals surface area (Å²) in [5.41, 5.74) is 4.28. The summed E-state index contributed by atoms with van der Waals surface area (Å²) in [5, 5.41) is 3.64. The van der Waals surface area contributed by atoms with E-state index in [9.17, 15) is 0 Å². The molecule has 2 heterocycles. The summed E-state index contributed by atoms with van der Waals surface area (Å²) >= 11 is 0. The van der Waals surface area contributed by atoms with Crippen LogP contribution in [0.1, 0.15) is 38.2 Å². The summed E-state index contributed by atoms with van der Waals surface area (Å²) in [7, 11) is 0. The first-order chi connectivity index (χ1) is 7.77. The second kappa shape index (κ2) is 3.69. The third-order valence-corrected chi connectivity index (χ3v) is 3.90. The Morgan fingerprint density at radius 3 is 3.06 bits per heavy atom. The number of hydrogen-bond acceptors (Lipinski definition) is 2. The Morgan fingerprint density at radius 2 is 2.25 bits per heavy atom. The number of nitrogens with zero attached hydrogens (tertiary/aromatic N) is 1. The van der Waals surface area contributed by atoms with Gasteiger partial charge in [-0.2, -0.15) is 0 Å². The predicted octanol–water partition coefficient (Wildman–Crippen LogP) is 3.20. The van der Waals surface area contributed by atoms with Crippen molar-refractivity contribution in [2.24, 2.45) is 0 Å². The molecule has 0 radical (unpaired) electrons. The van der Waals surface area contributed by atoms with Gasteiger partial charge in [-0.15, -0.1) is 0 Å². The molecule has 1 atom stereocenters. The van der Waals surface area contributed by atoms with Gasteiger partial charge in [-0.05, 0) is 30.4 Å². The Morgan fingerprint density at radius 1 is 1.38 bits per heavy atom. The van der Waals surface area contributed by atoms with Gasteiger partial charge in [0.25, 0.3) is 0 Å². The minimum Gasteiger partial charge on any atom is -0.381 e. The average molecular weight is 216 g/mol. The Balaban J connectivity index is 2.07. The van der Waals surface area contributed by atoms with Gasteiger partial charge in [0.2, 0.25) is 0 Å². The van der Waals surface area contributed by atoms with Gasteiger partial charge in [-0.1, -0.05) is 26.0 Å². The fourth-order valence-electron chi connectivity index (χ4n) is 3.06. The van der Waals surface area contributed by atoms with Crippen LogP contribution in [0.15, 0.2) is 18.2 Å². The van der Waals surface area contributed by atoms with Crippen molar-refractivity contribution < 1.29 is 0 Å². The lowest BCUT2D eigenvalue weighted by Crippen LogP contribution is -2.39. The Kier molecular flexibility index (Phi) is 2.31. The first-order valence-electron chi connectivity index (χ1n) is 6.41. The average Bonchev–Trinajstić information content (AvgIpc) is 2.76. The molecule has 2 aliphatic heterocycles. The molecule has 0 bridgehead atoms. The van der Waals surface area contributed by atoms with Gasteiger partial charge in [0, 0.05) is 19.1 Å². The van der Waals surface area contributed by atoms with E-state index in [1.165, 1.54) is 36.3 Å². The molecule has 1 aromatic carbocycles. The summed E-state index contributed by atoms with van der Waals surface area (Å²) in [6, 6.07) is 7.46. The van der Waals surface area contributed by atoms with Crippen molar-refractivity contribution in [2.75, 3.05) is 23.3 Å². The zero-order valence-corrected chi connectivity index (χ0v) is 10.2. The summed E-state index contributed by atoms with van der Waals surface area (Å²) in [4.78, 5) is 2.59. The molecule has 2 aliphatic rings. The summed E-state index contributed by atoms with van der Waals surface area (Å²) < 4.78 is 0. The van der Waals surface area contributed by atoms with E-state index in [0.717, 1.165) is 12.6 Å². The van der Waals surface area contributed by atoms with Crippen molar-refractivity contribution in [3.63, 3.8) is 0 Å². The minimum atomic E-state index is 0.599. The van der Waals surface area contributed by atoms with Gasteiger partial charge in [-0.3, -0.25) is 0 Å². The molecular formula is C14H20N2. The van der Waals surface area contributed by atoms with Crippen molar-refractivity contribution in [1.82, 2.24) is 0 Å². The molecule has 0 spiro atoms. The van der Waals surface area contributed by atoms with Crippen molar-refractivity contribution in [2.45, 2.75) is 38.6 Å². The Labute approximate surface area is 97.6 Å². The highest BCUT2D eigenvalue weighted by atomic mass is 15.2. The highest BCUT2D eigenvalue weighted by molar-refractivity contribution is 5.77. The third-order valence-electron chi connectivity index (χ3n) is 3.90. The van der Waals surface area contributed by atoms with E-state index < -0.39 is 0 Å². The molecule has 0 saturated carbocycles. The fourth-order valence-corrected chi connectivity index (χ4v) is 3.06. The Hall–Kier alpha value is -1.18. The molecule has 1 unspecified atom stereocenters. The van der Waals surface area contributed by atoms with Crippen LogP contribution in [0.2, 0.25) is 0 Å². The maximum atomic E-state index is 3.64. The van der Waals surface area contributed by atoms with Gasteiger partial charge >= 0.3 is 0 Å². The van der Waals surface area contributed by atoms with Gasteiger partial charge in [0.15, 0.2) is 0 Å². The Bertz CT molecular complexity index is 398. The van der Waals surface area contributed by atoms with Crippen LogP contribution in [0.5, 0.6) is 0 Å². The molecule has 3 rings (SSSR count). The maximum Gasteiger partial charge on any atom is 0.0614 e. The van der Waals surface area contributed by atoms with Gasteiger partial charge in [0.05, 0.1) is 11.4 Å². The van der Waals surface area contributed by atoms with E-state index in [-0.39, 0.29) is 0 Å². The molecule has 16 heavy (non-hydrogen) atoms. The molecule has 0 aromatic heterocycles. The van der Waals surface area contributed by atoms with Crippen LogP contribution in [0.4, 0.5) is 11.4 Å². The molecule has 2 heteroatoms. The molecule has 1 N–H and O–H groups in total. The SMILES string of the molecule is CC(C)c1cccc2c1NCC1CCCN21. The number of para-hydroxylation sites is 1. The number of rotatable bonds is 1. The number of nitrogens with one attached hydrogen (secondary N) is 1. The van der Waals surface area contributed by atoms with Crippen molar-refractivity contribution in [3.05, 3.63) is 23.8 Å². The van der Waals surface area contributed by atoms with E-state index in [2.05, 4.69) is 42.3 Å². The zero-order chi connectivity index (χ0) is 11.1. The van der Waals surface area contributed by atoms with E-state index in [0.29, 0.717) is 5.92 Å². The second-order valence-electron chi connectivity index (χ2n) is 5.27. The van der Waals surface area contributed by atoms with Gasteiger partial charge < -0.3 is 10.2 Å². The van der Waals surface area contributed by atoms with Crippen molar-refractivity contribution in [3.8, 4) is 0 Å². The first-order valence-corrected chi connectivity index (χ1v) is 6.41. The smallest absolute Gasteiger partial charge is 0.0614 e. The lowest BCUT2D eigenvalue weighted by atomic mass is 9.97. The topological polar surface area (TPSA) is 15.3 Å². The summed E-state index contributed by atoms with van der Waals surface area (Å²) in [6.07, 6.45) is 2.69. The number of anilines is 2. The van der Waals surface area contributed by atoms with Crippen LogP contribution in [0, 0.1) is 0 Å². The number of hydrogen-bond donors (Lipinski definition) is 1. The normalized spacial score (nSPS) is 22.9. The van der Waals surface area contributed by atoms with Crippen LogP contribution in [0.3, 0.4) is 0 Å². The van der Waals surface area contributed by atoms with E-state index in [1.54, 1.807) is 0 Å². The van der Waals surface area contributed by atoms with Crippen LogP contribution in [0.25, 0.3) is 0 Å². The van der Waals surface area contributed by atoms with Crippen LogP contribution < -0.4 is 10.2 Å². The summed E-state index contributed by atoms with van der Waals surface area (Å²) in [6.45, 7) is 6.90. The molecule has 1 aromatic rings. The standard InChI is InChI=1S/C14H20N2/c1-10(2)12-6-3-7-13-14(12)15-9-11-5-4-8-16(11)13/h3,6-7,10-11,15H,4-5,8-9H2,1-2H3. The molecular weight excluding hydrogens is 196 g/mol. The van der Waals surface area contributed by atoms with Crippen molar-refractivity contribution in [1.29, 1.82) is 0 Å². The van der Waals surface area contributed by atoms with E-state index >= 15 is 0 Å². The minimum absolute atomic E-state index is 0.599. The maximum absolute atomic E-state index is 3.64. The zero-order valence-electron chi connectivity index (χ0n) is 10.2. The van der Waals surface area contributed by atoms with E-state index in [4.69, 9.17) is 0 Å². The molecule has 0 amide bonds. The van der Waals surface area contributed by atoms with E-state index in [1.807, 2.05) is 0 Å². The fraction of sp³-hybridized carbons (Fsp3) is 0.571. The summed E-state index contributed by atoms with van der Waals surface area (Å²) in [5.74, 6) is 0.599. The molecule has 0 aliphatic carbocycles. The third kappa shape index (κ3) is 1.40. The highest BCUT2D eigenvalue weighted by Crippen LogP contribution is 2.40. The predicted molar refractivity (Wildman–Crippen MR) is 69.4 cm³/mol. The lowest BCUT2D eigenvalue weighted by molar-refractivity contribution is 0.679. The van der Waals surface area contributed by atoms with Gasteiger partial charge in [-0.25, -0.2) is 0 Å². The van der Waals surface area contributed by atoms with Crippen LogP contribution in [-0.2, 0) is 0 Å². The number of fused-ring (bicyclic) bond motifs is 3. The molecule has 2 nitrogen and oxygen atoms in total. The quantitative estimate of drug-likeness (QED) is 0.775. The van der Waals surface area contributed by atoms with Crippen molar-refractivity contribution >= 4 is 11.4 Å². The highest BCUT2D eigenvalue weighted by Gasteiger charge is 2.31. The lowest BCUT2D eigenvalue weighted by Gasteiger charge is -2.36. The van der Waals surface area contributed by atoms with Gasteiger partial charge in [0.1, 0.15) is 0 Å². The largest absolute Gasteiger partial charge is 0.381 e. The molecule has 86 valence electrons. The monoisotopic (exact) mass is 216 g/mol.